The molecule has 0 unspecified atom stereocenters. The van der Waals surface area contributed by atoms with Crippen LogP contribution in [-0.2, 0) is 4.79 Å². The molecule has 0 fully saturated rings. The third-order valence-electron chi connectivity index (χ3n) is 3.07. The highest BCUT2D eigenvalue weighted by atomic mass is 19.1. The maximum Gasteiger partial charge on any atom is 0.259 e. The van der Waals surface area contributed by atoms with Crippen LogP contribution in [0.2, 0.25) is 0 Å². The smallest absolute Gasteiger partial charge is 0.259 e. The van der Waals surface area contributed by atoms with Gasteiger partial charge >= 0.3 is 0 Å². The van der Waals surface area contributed by atoms with Gasteiger partial charge in [-0.1, -0.05) is 12.1 Å². The van der Waals surface area contributed by atoms with E-state index in [1.54, 1.807) is 31.4 Å². The van der Waals surface area contributed by atoms with Crippen molar-refractivity contribution in [2.24, 2.45) is 0 Å². The van der Waals surface area contributed by atoms with E-state index >= 15 is 0 Å². The fourth-order valence-electron chi connectivity index (χ4n) is 1.87. The average molecular weight is 314 g/mol. The zero-order chi connectivity index (χ0) is 16.7. The Balaban J connectivity index is 1.89. The molecular formula is C17H15FN2O3. The summed E-state index contributed by atoms with van der Waals surface area (Å²) in [6.07, 6.45) is 0. The molecule has 2 aromatic carbocycles. The molecule has 118 valence electrons. The molecule has 0 aliphatic heterocycles. The van der Waals surface area contributed by atoms with Crippen LogP contribution in [-0.4, -0.2) is 19.6 Å². The zero-order valence-corrected chi connectivity index (χ0v) is 12.5. The van der Waals surface area contributed by atoms with E-state index < -0.39 is 17.8 Å². The van der Waals surface area contributed by atoms with Crippen LogP contribution >= 0.6 is 0 Å². The second-order valence-corrected chi connectivity index (χ2v) is 4.65. The SMILES string of the molecule is COc1ccc(OCC(=O)N[C@H](C#N)c2ccc(F)cc2)cc1. The van der Waals surface area contributed by atoms with E-state index in [9.17, 15) is 9.18 Å². The molecule has 1 atom stereocenters. The lowest BCUT2D eigenvalue weighted by Gasteiger charge is -2.12. The van der Waals surface area contributed by atoms with Crippen molar-refractivity contribution in [3.8, 4) is 17.6 Å². The molecule has 2 aromatic rings. The van der Waals surface area contributed by atoms with E-state index in [1.165, 1.54) is 24.3 Å². The summed E-state index contributed by atoms with van der Waals surface area (Å²) in [4.78, 5) is 11.9. The summed E-state index contributed by atoms with van der Waals surface area (Å²) in [5.41, 5.74) is 0.506. The molecule has 1 amide bonds. The van der Waals surface area contributed by atoms with Gasteiger partial charge in [0.15, 0.2) is 6.61 Å². The Labute approximate surface area is 133 Å². The fourth-order valence-corrected chi connectivity index (χ4v) is 1.87. The maximum atomic E-state index is 12.9. The van der Waals surface area contributed by atoms with Crippen LogP contribution in [0.5, 0.6) is 11.5 Å². The number of benzene rings is 2. The van der Waals surface area contributed by atoms with Gasteiger partial charge in [-0.05, 0) is 42.0 Å². The number of rotatable bonds is 6. The van der Waals surface area contributed by atoms with Gasteiger partial charge in [0.05, 0.1) is 13.2 Å². The van der Waals surface area contributed by atoms with Crippen molar-refractivity contribution in [3.63, 3.8) is 0 Å². The monoisotopic (exact) mass is 314 g/mol. The molecule has 1 N–H and O–H groups in total. The summed E-state index contributed by atoms with van der Waals surface area (Å²) in [5.74, 6) is 0.343. The lowest BCUT2D eigenvalue weighted by Crippen LogP contribution is -2.32. The fraction of sp³-hybridized carbons (Fsp3) is 0.176. The molecule has 2 rings (SSSR count). The molecule has 0 bridgehead atoms. The first kappa shape index (κ1) is 16.3. The maximum absolute atomic E-state index is 12.9. The van der Waals surface area contributed by atoms with Crippen molar-refractivity contribution in [1.29, 1.82) is 5.26 Å². The first-order valence-corrected chi connectivity index (χ1v) is 6.83. The van der Waals surface area contributed by atoms with Crippen LogP contribution in [0.1, 0.15) is 11.6 Å². The van der Waals surface area contributed by atoms with E-state index in [-0.39, 0.29) is 6.61 Å². The lowest BCUT2D eigenvalue weighted by atomic mass is 10.1. The number of hydrogen-bond donors (Lipinski definition) is 1. The normalized spacial score (nSPS) is 11.2. The highest BCUT2D eigenvalue weighted by Gasteiger charge is 2.14. The summed E-state index contributed by atoms with van der Waals surface area (Å²) in [5, 5.41) is 11.7. The molecular weight excluding hydrogens is 299 g/mol. The quantitative estimate of drug-likeness (QED) is 0.889. The van der Waals surface area contributed by atoms with Gasteiger partial charge in [0.25, 0.3) is 5.91 Å². The summed E-state index contributed by atoms with van der Waals surface area (Å²) >= 11 is 0. The average Bonchev–Trinajstić information content (AvgIpc) is 2.59. The van der Waals surface area contributed by atoms with E-state index in [0.717, 1.165) is 0 Å². The molecule has 0 radical (unpaired) electrons. The number of ether oxygens (including phenoxy) is 2. The Morgan fingerprint density at radius 3 is 2.35 bits per heavy atom. The van der Waals surface area contributed by atoms with Crippen molar-refractivity contribution >= 4 is 5.91 Å². The van der Waals surface area contributed by atoms with Gasteiger partial charge in [-0.25, -0.2) is 4.39 Å². The molecule has 23 heavy (non-hydrogen) atoms. The number of hydrogen-bond acceptors (Lipinski definition) is 4. The van der Waals surface area contributed by atoms with Crippen molar-refractivity contribution in [2.45, 2.75) is 6.04 Å². The van der Waals surface area contributed by atoms with Crippen LogP contribution in [0, 0.1) is 17.1 Å². The minimum atomic E-state index is -0.859. The lowest BCUT2D eigenvalue weighted by molar-refractivity contribution is -0.123. The van der Waals surface area contributed by atoms with Gasteiger partial charge in [0.2, 0.25) is 0 Å². The summed E-state index contributed by atoms with van der Waals surface area (Å²) < 4.78 is 23.2. The van der Waals surface area contributed by atoms with Crippen molar-refractivity contribution in [2.75, 3.05) is 13.7 Å². The molecule has 0 spiro atoms. The topological polar surface area (TPSA) is 71.3 Å². The van der Waals surface area contributed by atoms with E-state index in [2.05, 4.69) is 5.32 Å². The van der Waals surface area contributed by atoms with Crippen LogP contribution in [0.25, 0.3) is 0 Å². The summed E-state index contributed by atoms with van der Waals surface area (Å²) in [7, 11) is 1.56. The third kappa shape index (κ3) is 4.71. The number of amides is 1. The number of nitrogens with one attached hydrogen (secondary N) is 1. The molecule has 5 nitrogen and oxygen atoms in total. The number of carbonyl (C=O) groups is 1. The second-order valence-electron chi connectivity index (χ2n) is 4.65. The molecule has 0 saturated carbocycles. The van der Waals surface area contributed by atoms with Gasteiger partial charge < -0.3 is 14.8 Å². The first-order chi connectivity index (χ1) is 11.1. The van der Waals surface area contributed by atoms with Gasteiger partial charge in [-0.3, -0.25) is 4.79 Å². The van der Waals surface area contributed by atoms with E-state index in [4.69, 9.17) is 14.7 Å². The highest BCUT2D eigenvalue weighted by molar-refractivity contribution is 5.78. The molecule has 0 saturated heterocycles. The van der Waals surface area contributed by atoms with E-state index in [0.29, 0.717) is 17.1 Å². The van der Waals surface area contributed by atoms with Crippen LogP contribution in [0.4, 0.5) is 4.39 Å². The van der Waals surface area contributed by atoms with Gasteiger partial charge in [0, 0.05) is 0 Å². The minimum Gasteiger partial charge on any atom is -0.497 e. The zero-order valence-electron chi connectivity index (χ0n) is 12.5. The Hall–Kier alpha value is -3.07. The first-order valence-electron chi connectivity index (χ1n) is 6.83. The Morgan fingerprint density at radius 1 is 1.17 bits per heavy atom. The highest BCUT2D eigenvalue weighted by Crippen LogP contribution is 2.17. The van der Waals surface area contributed by atoms with Crippen LogP contribution < -0.4 is 14.8 Å². The van der Waals surface area contributed by atoms with Crippen molar-refractivity contribution in [3.05, 3.63) is 59.9 Å². The standard InChI is InChI=1S/C17H15FN2O3/c1-22-14-6-8-15(9-7-14)23-11-17(21)20-16(10-19)12-2-4-13(18)5-3-12/h2-9,16H,11H2,1H3,(H,20,21)/t16-/m1/s1. The second kappa shape index (κ2) is 7.80. The van der Waals surface area contributed by atoms with Gasteiger partial charge in [0.1, 0.15) is 23.4 Å². The number of carbonyl (C=O) groups excluding carboxylic acids is 1. The van der Waals surface area contributed by atoms with Crippen LogP contribution in [0.15, 0.2) is 48.5 Å². The summed E-state index contributed by atoms with van der Waals surface area (Å²) in [6, 6.07) is 13.2. The van der Waals surface area contributed by atoms with Crippen LogP contribution in [0.3, 0.4) is 0 Å². The third-order valence-corrected chi connectivity index (χ3v) is 3.07. The Morgan fingerprint density at radius 2 is 1.78 bits per heavy atom. The van der Waals surface area contributed by atoms with E-state index in [1.807, 2.05) is 6.07 Å². The van der Waals surface area contributed by atoms with Crippen molar-refractivity contribution in [1.82, 2.24) is 5.32 Å². The molecule has 0 aromatic heterocycles. The Kier molecular flexibility index (Phi) is 5.53. The predicted octanol–water partition coefficient (Wildman–Crippen LogP) is 2.59. The minimum absolute atomic E-state index is 0.230. The van der Waals surface area contributed by atoms with Crippen molar-refractivity contribution < 1.29 is 18.7 Å². The largest absolute Gasteiger partial charge is 0.497 e. The number of nitriles is 1. The number of halogens is 1. The molecule has 0 heterocycles. The number of nitrogens with zero attached hydrogens (tertiary/aromatic N) is 1. The molecule has 6 heteroatoms. The Bertz CT molecular complexity index is 693. The predicted molar refractivity (Wildman–Crippen MR) is 81.4 cm³/mol. The van der Waals surface area contributed by atoms with Gasteiger partial charge in [-0.2, -0.15) is 5.26 Å². The van der Waals surface area contributed by atoms with Gasteiger partial charge in [-0.15, -0.1) is 0 Å². The number of methoxy groups -OCH3 is 1. The molecule has 0 aliphatic rings. The summed E-state index contributed by atoms with van der Waals surface area (Å²) in [6.45, 7) is -0.230. The molecule has 0 aliphatic carbocycles.